The SMILES string of the molecule is CCNC(C)CCCCN1CCC(OC)C1. The van der Waals surface area contributed by atoms with Crippen LogP contribution in [0, 0.1) is 0 Å². The summed E-state index contributed by atoms with van der Waals surface area (Å²) >= 11 is 0. The zero-order chi connectivity index (χ0) is 11.8. The first-order chi connectivity index (χ1) is 7.76. The molecule has 1 N–H and O–H groups in total. The molecule has 2 atom stereocenters. The normalized spacial score (nSPS) is 23.8. The molecule has 0 amide bonds. The molecular formula is C13H28N2O. The number of nitrogens with zero attached hydrogens (tertiary/aromatic N) is 1. The van der Waals surface area contributed by atoms with Crippen molar-refractivity contribution in [3.8, 4) is 0 Å². The van der Waals surface area contributed by atoms with Gasteiger partial charge in [0.1, 0.15) is 0 Å². The van der Waals surface area contributed by atoms with Crippen LogP contribution in [0.3, 0.4) is 0 Å². The fourth-order valence-electron chi connectivity index (χ4n) is 2.43. The lowest BCUT2D eigenvalue weighted by Crippen LogP contribution is -2.26. The van der Waals surface area contributed by atoms with Crippen molar-refractivity contribution in [2.75, 3.05) is 33.3 Å². The molecule has 0 saturated carbocycles. The number of nitrogens with one attached hydrogen (secondary N) is 1. The molecule has 2 unspecified atom stereocenters. The summed E-state index contributed by atoms with van der Waals surface area (Å²) in [6.07, 6.45) is 5.66. The van der Waals surface area contributed by atoms with E-state index in [4.69, 9.17) is 4.74 Å². The zero-order valence-corrected chi connectivity index (χ0v) is 11.2. The predicted octanol–water partition coefficient (Wildman–Crippen LogP) is 1.88. The molecule has 1 saturated heterocycles. The Kier molecular flexibility index (Phi) is 7.01. The lowest BCUT2D eigenvalue weighted by atomic mass is 10.1. The van der Waals surface area contributed by atoms with Crippen LogP contribution in [0.1, 0.15) is 39.5 Å². The summed E-state index contributed by atoms with van der Waals surface area (Å²) in [7, 11) is 1.83. The Bertz CT molecular complexity index is 175. The number of unbranched alkanes of at least 4 members (excludes halogenated alkanes) is 1. The quantitative estimate of drug-likeness (QED) is 0.642. The molecule has 16 heavy (non-hydrogen) atoms. The first kappa shape index (κ1) is 13.9. The van der Waals surface area contributed by atoms with E-state index in [-0.39, 0.29) is 0 Å². The van der Waals surface area contributed by atoms with Gasteiger partial charge in [0.25, 0.3) is 0 Å². The second-order valence-corrected chi connectivity index (χ2v) is 4.90. The first-order valence-corrected chi connectivity index (χ1v) is 6.74. The first-order valence-electron chi connectivity index (χ1n) is 6.74. The number of methoxy groups -OCH3 is 1. The van der Waals surface area contributed by atoms with E-state index in [0.717, 1.165) is 13.1 Å². The molecule has 0 aliphatic carbocycles. The largest absolute Gasteiger partial charge is 0.380 e. The third-order valence-electron chi connectivity index (χ3n) is 3.48. The maximum absolute atomic E-state index is 5.37. The van der Waals surface area contributed by atoms with Crippen molar-refractivity contribution in [2.45, 2.75) is 51.7 Å². The third-order valence-corrected chi connectivity index (χ3v) is 3.48. The lowest BCUT2D eigenvalue weighted by Gasteiger charge is -2.16. The van der Waals surface area contributed by atoms with E-state index in [2.05, 4.69) is 24.1 Å². The predicted molar refractivity (Wildman–Crippen MR) is 68.8 cm³/mol. The van der Waals surface area contributed by atoms with Crippen LogP contribution in [0.5, 0.6) is 0 Å². The van der Waals surface area contributed by atoms with Gasteiger partial charge < -0.3 is 15.0 Å². The Morgan fingerprint density at radius 1 is 1.44 bits per heavy atom. The number of likely N-dealkylation sites (tertiary alicyclic amines) is 1. The van der Waals surface area contributed by atoms with E-state index in [9.17, 15) is 0 Å². The molecule has 3 heteroatoms. The van der Waals surface area contributed by atoms with E-state index >= 15 is 0 Å². The molecule has 1 fully saturated rings. The topological polar surface area (TPSA) is 24.5 Å². The summed E-state index contributed by atoms with van der Waals surface area (Å²) in [4.78, 5) is 2.53. The van der Waals surface area contributed by atoms with Gasteiger partial charge in [-0.3, -0.25) is 0 Å². The minimum Gasteiger partial charge on any atom is -0.380 e. The molecule has 1 rings (SSSR count). The highest BCUT2D eigenvalue weighted by Gasteiger charge is 2.20. The van der Waals surface area contributed by atoms with Crippen molar-refractivity contribution < 1.29 is 4.74 Å². The molecule has 96 valence electrons. The van der Waals surface area contributed by atoms with Crippen molar-refractivity contribution in [3.63, 3.8) is 0 Å². The molecule has 0 bridgehead atoms. The maximum Gasteiger partial charge on any atom is 0.0710 e. The highest BCUT2D eigenvalue weighted by molar-refractivity contribution is 4.75. The summed E-state index contributed by atoms with van der Waals surface area (Å²) in [6, 6.07) is 0.676. The maximum atomic E-state index is 5.37. The van der Waals surface area contributed by atoms with Gasteiger partial charge in [-0.1, -0.05) is 13.3 Å². The highest BCUT2D eigenvalue weighted by Crippen LogP contribution is 2.13. The summed E-state index contributed by atoms with van der Waals surface area (Å²) in [5.74, 6) is 0. The molecule has 3 nitrogen and oxygen atoms in total. The van der Waals surface area contributed by atoms with Crippen LogP contribution in [-0.4, -0.2) is 50.3 Å². The number of hydrogen-bond acceptors (Lipinski definition) is 3. The molecule has 1 heterocycles. The zero-order valence-electron chi connectivity index (χ0n) is 11.2. The van der Waals surface area contributed by atoms with Crippen LogP contribution in [-0.2, 0) is 4.74 Å². The smallest absolute Gasteiger partial charge is 0.0710 e. The van der Waals surface area contributed by atoms with Crippen LogP contribution in [0.2, 0.25) is 0 Å². The minimum absolute atomic E-state index is 0.487. The van der Waals surface area contributed by atoms with Gasteiger partial charge in [-0.2, -0.15) is 0 Å². The van der Waals surface area contributed by atoms with E-state index in [0.29, 0.717) is 12.1 Å². The number of ether oxygens (including phenoxy) is 1. The minimum atomic E-state index is 0.487. The molecule has 0 aromatic carbocycles. The second kappa shape index (κ2) is 8.04. The van der Waals surface area contributed by atoms with Crippen molar-refractivity contribution in [1.29, 1.82) is 0 Å². The summed E-state index contributed by atoms with van der Waals surface area (Å²) < 4.78 is 5.37. The van der Waals surface area contributed by atoms with E-state index < -0.39 is 0 Å². The molecule has 1 aliphatic rings. The molecule has 0 aromatic heterocycles. The van der Waals surface area contributed by atoms with Crippen LogP contribution in [0.4, 0.5) is 0 Å². The van der Waals surface area contributed by atoms with Gasteiger partial charge in [-0.25, -0.2) is 0 Å². The fraction of sp³-hybridized carbons (Fsp3) is 1.00. The van der Waals surface area contributed by atoms with Crippen molar-refractivity contribution in [2.24, 2.45) is 0 Å². The van der Waals surface area contributed by atoms with Crippen LogP contribution in [0.25, 0.3) is 0 Å². The Hall–Kier alpha value is -0.120. The Labute approximate surface area is 101 Å². The monoisotopic (exact) mass is 228 g/mol. The number of hydrogen-bond donors (Lipinski definition) is 1. The summed E-state index contributed by atoms with van der Waals surface area (Å²) in [6.45, 7) is 9.15. The van der Waals surface area contributed by atoms with Crippen LogP contribution in [0.15, 0.2) is 0 Å². The van der Waals surface area contributed by atoms with Gasteiger partial charge in [-0.05, 0) is 39.3 Å². The van der Waals surface area contributed by atoms with Gasteiger partial charge in [0.15, 0.2) is 0 Å². The Morgan fingerprint density at radius 2 is 2.25 bits per heavy atom. The van der Waals surface area contributed by atoms with Gasteiger partial charge in [0.2, 0.25) is 0 Å². The Balaban J connectivity index is 1.95. The molecule has 0 spiro atoms. The molecular weight excluding hydrogens is 200 g/mol. The van der Waals surface area contributed by atoms with E-state index in [1.54, 1.807) is 0 Å². The van der Waals surface area contributed by atoms with Gasteiger partial charge >= 0.3 is 0 Å². The summed E-state index contributed by atoms with van der Waals surface area (Å²) in [5, 5.41) is 3.46. The van der Waals surface area contributed by atoms with Crippen LogP contribution >= 0.6 is 0 Å². The lowest BCUT2D eigenvalue weighted by molar-refractivity contribution is 0.108. The second-order valence-electron chi connectivity index (χ2n) is 4.90. The number of rotatable bonds is 8. The molecule has 1 aliphatic heterocycles. The third kappa shape index (κ3) is 5.28. The van der Waals surface area contributed by atoms with Gasteiger partial charge in [0.05, 0.1) is 6.10 Å². The average Bonchev–Trinajstić information content (AvgIpc) is 2.73. The van der Waals surface area contributed by atoms with E-state index in [1.807, 2.05) is 7.11 Å². The van der Waals surface area contributed by atoms with Crippen LogP contribution < -0.4 is 5.32 Å². The van der Waals surface area contributed by atoms with Crippen molar-refractivity contribution >= 4 is 0 Å². The highest BCUT2D eigenvalue weighted by atomic mass is 16.5. The van der Waals surface area contributed by atoms with Crippen molar-refractivity contribution in [1.82, 2.24) is 10.2 Å². The Morgan fingerprint density at radius 3 is 2.88 bits per heavy atom. The fourth-order valence-corrected chi connectivity index (χ4v) is 2.43. The average molecular weight is 228 g/mol. The summed E-state index contributed by atoms with van der Waals surface area (Å²) in [5.41, 5.74) is 0. The van der Waals surface area contributed by atoms with E-state index in [1.165, 1.54) is 38.8 Å². The van der Waals surface area contributed by atoms with Crippen molar-refractivity contribution in [3.05, 3.63) is 0 Å². The standard InChI is InChI=1S/C13H28N2O/c1-4-14-12(2)7-5-6-9-15-10-8-13(11-15)16-3/h12-14H,4-11H2,1-3H3. The van der Waals surface area contributed by atoms with Gasteiger partial charge in [-0.15, -0.1) is 0 Å². The van der Waals surface area contributed by atoms with Gasteiger partial charge in [0, 0.05) is 26.2 Å². The molecule has 0 radical (unpaired) electrons. The molecule has 0 aromatic rings.